The van der Waals surface area contributed by atoms with Crippen LogP contribution in [0, 0.1) is 17.8 Å². The standard InChI is InChI=1S/C36H50FN5O3/c1-40-14-5-9-26(40)10-13-39-36(44)28-21-42-30-16-22-6-2-3-7-23(22)17-31(30)45-35-32(42)27(34(28)43)18-29(37)33(35)41-15-11-25(20-41)24-8-4-12-38-19-24/h4,8,12,19,21-23,25-27,29-33,35H,2-3,5-7,9-11,13-18,20H2,1H3,(H,39,44). The smallest absolute Gasteiger partial charge is 0.256 e. The predicted molar refractivity (Wildman–Crippen MR) is 169 cm³/mol. The number of nitrogens with zero attached hydrogens (tertiary/aromatic N) is 4. The molecule has 3 saturated carbocycles. The first kappa shape index (κ1) is 30.0. The number of fused-ring (bicyclic) bond motifs is 3. The average molecular weight is 620 g/mol. The van der Waals surface area contributed by atoms with E-state index < -0.39 is 18.2 Å². The number of nitrogens with one attached hydrogen (secondary N) is 1. The molecule has 7 aliphatic rings. The maximum Gasteiger partial charge on any atom is 0.256 e. The lowest BCUT2D eigenvalue weighted by molar-refractivity contribution is -0.219. The van der Waals surface area contributed by atoms with Crippen LogP contribution in [0.2, 0.25) is 0 Å². The van der Waals surface area contributed by atoms with Gasteiger partial charge in [-0.25, -0.2) is 4.39 Å². The van der Waals surface area contributed by atoms with Crippen LogP contribution in [-0.2, 0) is 14.3 Å². The van der Waals surface area contributed by atoms with Crippen molar-refractivity contribution < 1.29 is 18.7 Å². The van der Waals surface area contributed by atoms with Crippen LogP contribution in [0.15, 0.2) is 36.3 Å². The molecule has 3 saturated heterocycles. The number of rotatable bonds is 6. The first-order valence-corrected chi connectivity index (χ1v) is 17.9. The Kier molecular flexibility index (Phi) is 8.23. The molecule has 11 atom stereocenters. The fourth-order valence-corrected chi connectivity index (χ4v) is 10.6. The number of ether oxygens (including phenoxy) is 1. The molecule has 1 aromatic heterocycles. The van der Waals surface area contributed by atoms with E-state index in [-0.39, 0.29) is 47.9 Å². The van der Waals surface area contributed by atoms with E-state index in [1.165, 1.54) is 37.7 Å². The molecule has 8 rings (SSSR count). The van der Waals surface area contributed by atoms with Crippen molar-refractivity contribution in [1.29, 1.82) is 0 Å². The summed E-state index contributed by atoms with van der Waals surface area (Å²) in [4.78, 5) is 39.1. The Hall–Kier alpha value is -2.36. The summed E-state index contributed by atoms with van der Waals surface area (Å²) in [7, 11) is 2.14. The van der Waals surface area contributed by atoms with E-state index in [0.717, 1.165) is 51.7 Å². The van der Waals surface area contributed by atoms with E-state index in [1.54, 1.807) is 6.20 Å². The van der Waals surface area contributed by atoms with Gasteiger partial charge in [-0.05, 0) is 94.5 Å². The van der Waals surface area contributed by atoms with Gasteiger partial charge in [0.25, 0.3) is 5.91 Å². The number of amides is 1. The van der Waals surface area contributed by atoms with E-state index in [1.807, 2.05) is 18.5 Å². The van der Waals surface area contributed by atoms with E-state index in [0.29, 0.717) is 30.3 Å². The third kappa shape index (κ3) is 5.44. The van der Waals surface area contributed by atoms with Crippen LogP contribution in [0.1, 0.15) is 82.1 Å². The Balaban J connectivity index is 1.07. The van der Waals surface area contributed by atoms with Crippen molar-refractivity contribution in [3.8, 4) is 0 Å². The third-order valence-electron chi connectivity index (χ3n) is 12.9. The fourth-order valence-electron chi connectivity index (χ4n) is 10.6. The van der Waals surface area contributed by atoms with Gasteiger partial charge >= 0.3 is 0 Å². The molecule has 0 bridgehead atoms. The van der Waals surface area contributed by atoms with Crippen molar-refractivity contribution in [2.24, 2.45) is 17.8 Å². The minimum Gasteiger partial charge on any atom is -0.369 e. The molecule has 0 aromatic carbocycles. The van der Waals surface area contributed by atoms with E-state index in [2.05, 4.69) is 38.1 Å². The highest BCUT2D eigenvalue weighted by Crippen LogP contribution is 2.51. The minimum absolute atomic E-state index is 0.00226. The number of aromatic nitrogens is 1. The molecule has 6 fully saturated rings. The Bertz CT molecular complexity index is 1290. The summed E-state index contributed by atoms with van der Waals surface area (Å²) < 4.78 is 23.6. The van der Waals surface area contributed by atoms with Crippen LogP contribution >= 0.6 is 0 Å². The molecule has 1 aromatic rings. The van der Waals surface area contributed by atoms with Crippen molar-refractivity contribution in [3.63, 3.8) is 0 Å². The SMILES string of the molecule is CN1CCCC1CCNC(=O)C1=CN2C3CC4CCCCC4CC3OC3C(N4CCC(c5cccnc5)C4)C(F)CC(C1=O)C32. The number of hydrogen-bond donors (Lipinski definition) is 1. The van der Waals surface area contributed by atoms with Gasteiger partial charge in [0.15, 0.2) is 5.78 Å². The number of carbonyl (C=O) groups is 2. The van der Waals surface area contributed by atoms with Crippen LogP contribution in [0.5, 0.6) is 0 Å². The number of likely N-dealkylation sites (tertiary alicyclic amines) is 2. The number of morpholine rings is 1. The summed E-state index contributed by atoms with van der Waals surface area (Å²) in [5, 5.41) is 3.08. The van der Waals surface area contributed by atoms with Gasteiger partial charge in [0.05, 0.1) is 35.9 Å². The van der Waals surface area contributed by atoms with Gasteiger partial charge < -0.3 is 19.9 Å². The molecule has 4 aliphatic heterocycles. The Morgan fingerprint density at radius 1 is 1.07 bits per heavy atom. The zero-order chi connectivity index (χ0) is 30.7. The number of carbonyl (C=O) groups excluding carboxylic acids is 2. The molecule has 244 valence electrons. The molecule has 45 heavy (non-hydrogen) atoms. The first-order valence-electron chi connectivity index (χ1n) is 17.9. The van der Waals surface area contributed by atoms with Crippen LogP contribution in [0.3, 0.4) is 0 Å². The molecule has 9 heteroatoms. The van der Waals surface area contributed by atoms with Crippen LogP contribution in [0.25, 0.3) is 0 Å². The second-order valence-corrected chi connectivity index (χ2v) is 15.3. The Morgan fingerprint density at radius 2 is 1.91 bits per heavy atom. The van der Waals surface area contributed by atoms with Gasteiger partial charge in [-0.15, -0.1) is 0 Å². The van der Waals surface area contributed by atoms with E-state index in [9.17, 15) is 9.59 Å². The zero-order valence-electron chi connectivity index (χ0n) is 26.7. The highest BCUT2D eigenvalue weighted by Gasteiger charge is 2.61. The fraction of sp³-hybridized carbons (Fsp3) is 0.750. The van der Waals surface area contributed by atoms with Crippen molar-refractivity contribution in [2.75, 3.05) is 33.2 Å². The van der Waals surface area contributed by atoms with Gasteiger partial charge in [0.1, 0.15) is 6.17 Å². The zero-order valence-corrected chi connectivity index (χ0v) is 26.7. The lowest BCUT2D eigenvalue weighted by Gasteiger charge is -2.61. The topological polar surface area (TPSA) is 78.0 Å². The molecule has 1 N–H and O–H groups in total. The number of hydrogen-bond acceptors (Lipinski definition) is 7. The number of alkyl halides is 1. The first-order chi connectivity index (χ1) is 22.0. The van der Waals surface area contributed by atoms with E-state index in [4.69, 9.17) is 4.74 Å². The number of halogens is 1. The molecule has 8 nitrogen and oxygen atoms in total. The lowest BCUT2D eigenvalue weighted by atomic mass is 9.64. The highest BCUT2D eigenvalue weighted by molar-refractivity contribution is 6.20. The predicted octanol–water partition coefficient (Wildman–Crippen LogP) is 4.07. The maximum atomic E-state index is 16.6. The van der Waals surface area contributed by atoms with Crippen LogP contribution in [-0.4, -0.2) is 107 Å². The molecule has 11 unspecified atom stereocenters. The number of Topliss-reactive ketones (excluding diaryl/α,β-unsaturated/α-hetero) is 1. The highest BCUT2D eigenvalue weighted by atomic mass is 19.1. The van der Waals surface area contributed by atoms with Gasteiger partial charge in [0, 0.05) is 43.6 Å². The van der Waals surface area contributed by atoms with Gasteiger partial charge in [-0.1, -0.05) is 31.7 Å². The van der Waals surface area contributed by atoms with Gasteiger partial charge in [-0.2, -0.15) is 0 Å². The van der Waals surface area contributed by atoms with Gasteiger partial charge in [-0.3, -0.25) is 19.5 Å². The molecule has 0 spiro atoms. The van der Waals surface area contributed by atoms with Crippen molar-refractivity contribution >= 4 is 11.7 Å². The minimum atomic E-state index is -1.18. The summed E-state index contributed by atoms with van der Waals surface area (Å²) in [6.07, 6.45) is 15.5. The normalized spacial score (nSPS) is 41.6. The summed E-state index contributed by atoms with van der Waals surface area (Å²) in [5.74, 6) is 0.597. The van der Waals surface area contributed by atoms with Crippen LogP contribution < -0.4 is 5.32 Å². The third-order valence-corrected chi connectivity index (χ3v) is 12.9. The van der Waals surface area contributed by atoms with Crippen molar-refractivity contribution in [2.45, 2.75) is 119 Å². The number of pyridine rings is 1. The second kappa shape index (κ2) is 12.3. The maximum absolute atomic E-state index is 16.6. The summed E-state index contributed by atoms with van der Waals surface area (Å²) in [5.41, 5.74) is 1.43. The monoisotopic (exact) mass is 619 g/mol. The second-order valence-electron chi connectivity index (χ2n) is 15.3. The quantitative estimate of drug-likeness (QED) is 0.481. The van der Waals surface area contributed by atoms with Crippen molar-refractivity contribution in [3.05, 3.63) is 41.9 Å². The summed E-state index contributed by atoms with van der Waals surface area (Å²) in [6, 6.07) is 4.10. The Labute approximate surface area is 267 Å². The largest absolute Gasteiger partial charge is 0.369 e. The molecule has 1 amide bonds. The number of ketones is 1. The van der Waals surface area contributed by atoms with E-state index >= 15 is 4.39 Å². The van der Waals surface area contributed by atoms with Gasteiger partial charge in [0.2, 0.25) is 0 Å². The van der Waals surface area contributed by atoms with Crippen molar-refractivity contribution in [1.82, 2.24) is 25.0 Å². The summed E-state index contributed by atoms with van der Waals surface area (Å²) >= 11 is 0. The molecule has 0 radical (unpaired) electrons. The molecule has 5 heterocycles. The van der Waals surface area contributed by atoms with Crippen LogP contribution in [0.4, 0.5) is 4.39 Å². The molecular formula is C36H50FN5O3. The molecule has 3 aliphatic carbocycles. The summed E-state index contributed by atoms with van der Waals surface area (Å²) in [6.45, 7) is 3.24. The molecular weight excluding hydrogens is 569 g/mol. The lowest BCUT2D eigenvalue weighted by Crippen LogP contribution is -2.73. The average Bonchev–Trinajstić information content (AvgIpc) is 3.71. The Morgan fingerprint density at radius 3 is 2.69 bits per heavy atom.